The third-order valence-corrected chi connectivity index (χ3v) is 4.21. The Labute approximate surface area is 162 Å². The summed E-state index contributed by atoms with van der Waals surface area (Å²) in [6, 6.07) is 11.7. The van der Waals surface area contributed by atoms with Crippen LogP contribution in [0.5, 0.6) is 0 Å². The Morgan fingerprint density at radius 2 is 1.73 bits per heavy atom. The lowest BCUT2D eigenvalue weighted by Gasteiger charge is -2.06. The first-order valence-corrected chi connectivity index (χ1v) is 8.94. The molecule has 136 valence electrons. The van der Waals surface area contributed by atoms with Crippen molar-refractivity contribution in [2.75, 3.05) is 5.32 Å². The van der Waals surface area contributed by atoms with Crippen LogP contribution in [0, 0.1) is 0 Å². The molecule has 7 heteroatoms. The van der Waals surface area contributed by atoms with E-state index in [0.29, 0.717) is 33.3 Å². The molecule has 0 fully saturated rings. The zero-order chi connectivity index (χ0) is 18.9. The molecule has 26 heavy (non-hydrogen) atoms. The highest BCUT2D eigenvalue weighted by atomic mass is 35.5. The predicted octanol–water partition coefficient (Wildman–Crippen LogP) is 4.89. The number of hydrogen-bond acceptors (Lipinski definition) is 3. The Morgan fingerprint density at radius 1 is 1.08 bits per heavy atom. The number of unbranched alkanes of at least 4 members (excludes halogenated alkanes) is 1. The van der Waals surface area contributed by atoms with Crippen LogP contribution < -0.4 is 10.7 Å². The summed E-state index contributed by atoms with van der Waals surface area (Å²) < 4.78 is 0. The highest BCUT2D eigenvalue weighted by Crippen LogP contribution is 2.22. The number of nitrogens with zero attached hydrogens (tertiary/aromatic N) is 1. The van der Waals surface area contributed by atoms with Gasteiger partial charge in [0, 0.05) is 23.2 Å². The van der Waals surface area contributed by atoms with Gasteiger partial charge in [0.05, 0.1) is 16.3 Å². The van der Waals surface area contributed by atoms with Gasteiger partial charge in [-0.15, -0.1) is 0 Å². The van der Waals surface area contributed by atoms with Crippen molar-refractivity contribution in [3.63, 3.8) is 0 Å². The molecular formula is C19H19Cl2N3O2. The minimum atomic E-state index is -0.381. The van der Waals surface area contributed by atoms with E-state index in [1.807, 2.05) is 6.92 Å². The number of anilines is 1. The molecular weight excluding hydrogens is 373 g/mol. The van der Waals surface area contributed by atoms with Crippen LogP contribution in [-0.4, -0.2) is 18.0 Å². The number of halogens is 2. The van der Waals surface area contributed by atoms with Gasteiger partial charge in [-0.1, -0.05) is 42.6 Å². The molecule has 0 saturated carbocycles. The zero-order valence-corrected chi connectivity index (χ0v) is 15.8. The van der Waals surface area contributed by atoms with Crippen LogP contribution in [0.1, 0.15) is 42.1 Å². The van der Waals surface area contributed by atoms with Gasteiger partial charge in [0.1, 0.15) is 0 Å². The maximum atomic E-state index is 12.1. The maximum absolute atomic E-state index is 12.1. The first kappa shape index (κ1) is 19.9. The van der Waals surface area contributed by atoms with Crippen molar-refractivity contribution < 1.29 is 9.59 Å². The smallest absolute Gasteiger partial charge is 0.271 e. The van der Waals surface area contributed by atoms with E-state index in [1.165, 1.54) is 6.21 Å². The fourth-order valence-electron chi connectivity index (χ4n) is 2.12. The van der Waals surface area contributed by atoms with Gasteiger partial charge in [-0.2, -0.15) is 5.10 Å². The molecule has 0 aliphatic heterocycles. The molecule has 2 rings (SSSR count). The minimum absolute atomic E-state index is 0.0368. The van der Waals surface area contributed by atoms with Gasteiger partial charge in [0.15, 0.2) is 0 Å². The van der Waals surface area contributed by atoms with Gasteiger partial charge in [0.2, 0.25) is 5.91 Å². The summed E-state index contributed by atoms with van der Waals surface area (Å²) in [5.74, 6) is -0.418. The molecule has 0 spiro atoms. The van der Waals surface area contributed by atoms with Gasteiger partial charge in [-0.3, -0.25) is 9.59 Å². The topological polar surface area (TPSA) is 70.6 Å². The molecule has 5 nitrogen and oxygen atoms in total. The Balaban J connectivity index is 1.93. The number of carbonyl (C=O) groups excluding carboxylic acids is 2. The van der Waals surface area contributed by atoms with E-state index in [0.717, 1.165) is 12.8 Å². The highest BCUT2D eigenvalue weighted by molar-refractivity contribution is 6.38. The van der Waals surface area contributed by atoms with Crippen LogP contribution in [0.3, 0.4) is 0 Å². The van der Waals surface area contributed by atoms with Crippen molar-refractivity contribution in [3.8, 4) is 0 Å². The van der Waals surface area contributed by atoms with E-state index in [9.17, 15) is 9.59 Å². The summed E-state index contributed by atoms with van der Waals surface area (Å²) in [6.45, 7) is 2.03. The van der Waals surface area contributed by atoms with Gasteiger partial charge in [0.25, 0.3) is 5.91 Å². The van der Waals surface area contributed by atoms with Crippen molar-refractivity contribution in [1.82, 2.24) is 5.43 Å². The molecule has 0 aromatic heterocycles. The maximum Gasteiger partial charge on any atom is 0.271 e. The van der Waals surface area contributed by atoms with Crippen LogP contribution >= 0.6 is 23.2 Å². The number of hydrazone groups is 1. The fraction of sp³-hybridized carbons (Fsp3) is 0.211. The van der Waals surface area contributed by atoms with E-state index in [-0.39, 0.29) is 11.8 Å². The number of rotatable bonds is 7. The van der Waals surface area contributed by atoms with Crippen LogP contribution in [0.4, 0.5) is 5.69 Å². The molecule has 2 amide bonds. The molecule has 0 aliphatic carbocycles. The second-order valence-corrected chi connectivity index (χ2v) is 6.38. The number of nitrogens with one attached hydrogen (secondary N) is 2. The lowest BCUT2D eigenvalue weighted by molar-refractivity contribution is -0.116. The van der Waals surface area contributed by atoms with Gasteiger partial charge >= 0.3 is 0 Å². The van der Waals surface area contributed by atoms with E-state index >= 15 is 0 Å². The van der Waals surface area contributed by atoms with E-state index in [4.69, 9.17) is 23.2 Å². The van der Waals surface area contributed by atoms with Gasteiger partial charge in [-0.05, 0) is 42.8 Å². The number of carbonyl (C=O) groups is 2. The zero-order valence-electron chi connectivity index (χ0n) is 14.3. The second kappa shape index (κ2) is 9.94. The van der Waals surface area contributed by atoms with Crippen molar-refractivity contribution in [3.05, 3.63) is 63.6 Å². The summed E-state index contributed by atoms with van der Waals surface area (Å²) in [5, 5.41) is 7.56. The van der Waals surface area contributed by atoms with Gasteiger partial charge < -0.3 is 5.32 Å². The Bertz CT molecular complexity index is 785. The molecule has 0 unspecified atom stereocenters. The SMILES string of the molecule is CCCCC(=O)Nc1ccc(C(=O)NN=Cc2c(Cl)cccc2Cl)cc1. The monoisotopic (exact) mass is 391 g/mol. The molecule has 0 heterocycles. The Morgan fingerprint density at radius 3 is 2.35 bits per heavy atom. The van der Waals surface area contributed by atoms with Crippen LogP contribution in [0.15, 0.2) is 47.6 Å². The number of benzene rings is 2. The summed E-state index contributed by atoms with van der Waals surface area (Å²) in [4.78, 5) is 23.8. The van der Waals surface area contributed by atoms with E-state index in [1.54, 1.807) is 42.5 Å². The highest BCUT2D eigenvalue weighted by Gasteiger charge is 2.07. The first-order chi connectivity index (χ1) is 12.5. The Hall–Kier alpha value is -2.37. The normalized spacial score (nSPS) is 10.7. The standard InChI is InChI=1S/C19H19Cl2N3O2/c1-2-3-7-18(25)23-14-10-8-13(9-11-14)19(26)24-22-12-15-16(20)5-4-6-17(15)21/h4-6,8-12H,2-3,7H2,1H3,(H,23,25)(H,24,26). The van der Waals surface area contributed by atoms with Crippen LogP contribution in [-0.2, 0) is 4.79 Å². The van der Waals surface area contributed by atoms with Gasteiger partial charge in [-0.25, -0.2) is 5.43 Å². The lowest BCUT2D eigenvalue weighted by atomic mass is 10.2. The summed E-state index contributed by atoms with van der Waals surface area (Å²) in [5.41, 5.74) is 4.01. The van der Waals surface area contributed by atoms with E-state index in [2.05, 4.69) is 15.8 Å². The quantitative estimate of drug-likeness (QED) is 0.521. The summed E-state index contributed by atoms with van der Waals surface area (Å²) in [6.07, 6.45) is 3.69. The third kappa shape index (κ3) is 5.86. The average Bonchev–Trinajstić information content (AvgIpc) is 2.63. The number of hydrogen-bond donors (Lipinski definition) is 2. The average molecular weight is 392 g/mol. The van der Waals surface area contributed by atoms with Crippen molar-refractivity contribution in [2.45, 2.75) is 26.2 Å². The van der Waals surface area contributed by atoms with Crippen molar-refractivity contribution in [2.24, 2.45) is 5.10 Å². The largest absolute Gasteiger partial charge is 0.326 e. The minimum Gasteiger partial charge on any atom is -0.326 e. The summed E-state index contributed by atoms with van der Waals surface area (Å²) in [7, 11) is 0. The lowest BCUT2D eigenvalue weighted by Crippen LogP contribution is -2.18. The molecule has 0 aliphatic rings. The molecule has 0 bridgehead atoms. The third-order valence-electron chi connectivity index (χ3n) is 3.55. The van der Waals surface area contributed by atoms with E-state index < -0.39 is 0 Å². The van der Waals surface area contributed by atoms with Crippen molar-refractivity contribution >= 4 is 46.9 Å². The molecule has 0 radical (unpaired) electrons. The first-order valence-electron chi connectivity index (χ1n) is 8.18. The molecule has 0 saturated heterocycles. The Kier molecular flexibility index (Phi) is 7.63. The van der Waals surface area contributed by atoms with Crippen molar-refractivity contribution in [1.29, 1.82) is 0 Å². The predicted molar refractivity (Wildman–Crippen MR) is 106 cm³/mol. The number of amides is 2. The summed E-state index contributed by atoms with van der Waals surface area (Å²) >= 11 is 12.1. The molecule has 0 atom stereocenters. The fourth-order valence-corrected chi connectivity index (χ4v) is 2.61. The molecule has 2 aromatic rings. The molecule has 2 aromatic carbocycles. The second-order valence-electron chi connectivity index (χ2n) is 5.56. The molecule has 2 N–H and O–H groups in total. The van der Waals surface area contributed by atoms with Crippen LogP contribution in [0.2, 0.25) is 10.0 Å². The van der Waals surface area contributed by atoms with Crippen LogP contribution in [0.25, 0.3) is 0 Å².